The molecule has 0 amide bonds. The van der Waals surface area contributed by atoms with Crippen LogP contribution in [-0.2, 0) is 14.1 Å². The van der Waals surface area contributed by atoms with Crippen molar-refractivity contribution in [2.45, 2.75) is 0 Å². The molecule has 4 aromatic heterocycles. The lowest BCUT2D eigenvalue weighted by Gasteiger charge is -2.09. The molecule has 0 aliphatic carbocycles. The van der Waals surface area contributed by atoms with E-state index in [0.29, 0.717) is 5.82 Å². The number of nitrogens with zero attached hydrogens (tertiary/aromatic N) is 7. The number of benzene rings is 1. The zero-order valence-electron chi connectivity index (χ0n) is 15.5. The first-order chi connectivity index (χ1) is 13.7. The van der Waals surface area contributed by atoms with E-state index in [4.69, 9.17) is 4.98 Å². The smallest absolute Gasteiger partial charge is 0.162 e. The van der Waals surface area contributed by atoms with Gasteiger partial charge in [-0.3, -0.25) is 9.36 Å². The zero-order chi connectivity index (χ0) is 19.1. The molecule has 8 heteroatoms. The highest BCUT2D eigenvalue weighted by atomic mass is 15.3. The molecule has 0 aliphatic heterocycles. The lowest BCUT2D eigenvalue weighted by Crippen LogP contribution is -2.04. The van der Waals surface area contributed by atoms with Gasteiger partial charge in [-0.25, -0.2) is 9.67 Å². The van der Waals surface area contributed by atoms with Crippen LogP contribution in [0, 0.1) is 0 Å². The van der Waals surface area contributed by atoms with E-state index in [-0.39, 0.29) is 0 Å². The van der Waals surface area contributed by atoms with Crippen molar-refractivity contribution in [2.24, 2.45) is 14.1 Å². The summed E-state index contributed by atoms with van der Waals surface area (Å²) >= 11 is 0. The predicted molar refractivity (Wildman–Crippen MR) is 108 cm³/mol. The standard InChI is InChI=1S/C20H18N8/c1-26-19(11-16(25-26)14-7-4-3-5-8-14)23-18-12-17(28-10-6-9-21-28)15-13-22-27(2)20(15)24-18/h3-13H,1-2H3,(H,23,24). The van der Waals surface area contributed by atoms with Gasteiger partial charge >= 0.3 is 0 Å². The van der Waals surface area contributed by atoms with E-state index in [1.54, 1.807) is 17.1 Å². The third kappa shape index (κ3) is 2.71. The van der Waals surface area contributed by atoms with E-state index >= 15 is 0 Å². The molecular weight excluding hydrogens is 352 g/mol. The van der Waals surface area contributed by atoms with Gasteiger partial charge in [-0.05, 0) is 6.07 Å². The molecule has 0 radical (unpaired) electrons. The maximum absolute atomic E-state index is 4.73. The van der Waals surface area contributed by atoms with Crippen LogP contribution >= 0.6 is 0 Å². The Morgan fingerprint density at radius 2 is 1.79 bits per heavy atom. The first kappa shape index (κ1) is 16.2. The number of pyridine rings is 1. The van der Waals surface area contributed by atoms with Crippen molar-refractivity contribution in [1.29, 1.82) is 0 Å². The van der Waals surface area contributed by atoms with Crippen molar-refractivity contribution >= 4 is 22.7 Å². The molecule has 4 heterocycles. The van der Waals surface area contributed by atoms with E-state index < -0.39 is 0 Å². The van der Waals surface area contributed by atoms with Gasteiger partial charge in [0.15, 0.2) is 5.65 Å². The third-order valence-electron chi connectivity index (χ3n) is 4.64. The summed E-state index contributed by atoms with van der Waals surface area (Å²) in [7, 11) is 3.79. The number of nitrogens with one attached hydrogen (secondary N) is 1. The van der Waals surface area contributed by atoms with Crippen LogP contribution in [0.5, 0.6) is 0 Å². The number of aromatic nitrogens is 7. The largest absolute Gasteiger partial charge is 0.325 e. The zero-order valence-corrected chi connectivity index (χ0v) is 15.5. The van der Waals surface area contributed by atoms with Crippen LogP contribution in [0.4, 0.5) is 11.6 Å². The molecule has 8 nitrogen and oxygen atoms in total. The molecule has 5 aromatic rings. The summed E-state index contributed by atoms with van der Waals surface area (Å²) in [6, 6.07) is 16.0. The summed E-state index contributed by atoms with van der Waals surface area (Å²) in [5.41, 5.74) is 3.66. The lowest BCUT2D eigenvalue weighted by atomic mass is 10.1. The normalized spacial score (nSPS) is 11.2. The molecule has 0 fully saturated rings. The van der Waals surface area contributed by atoms with Gasteiger partial charge in [-0.2, -0.15) is 15.3 Å². The molecule has 5 rings (SSSR count). The van der Waals surface area contributed by atoms with Gasteiger partial charge in [-0.15, -0.1) is 0 Å². The minimum atomic E-state index is 0.698. The molecule has 1 aromatic carbocycles. The number of fused-ring (bicyclic) bond motifs is 1. The molecule has 0 unspecified atom stereocenters. The predicted octanol–water partition coefficient (Wildman–Crippen LogP) is 3.30. The number of aryl methyl sites for hydroxylation is 2. The number of rotatable bonds is 4. The van der Waals surface area contributed by atoms with Gasteiger partial charge in [0.1, 0.15) is 11.6 Å². The molecule has 0 bridgehead atoms. The van der Waals surface area contributed by atoms with Crippen molar-refractivity contribution in [2.75, 3.05) is 5.32 Å². The second-order valence-electron chi connectivity index (χ2n) is 6.51. The van der Waals surface area contributed by atoms with E-state index in [1.807, 2.05) is 78.2 Å². The van der Waals surface area contributed by atoms with Crippen molar-refractivity contribution < 1.29 is 0 Å². The summed E-state index contributed by atoms with van der Waals surface area (Å²) in [5, 5.41) is 17.6. The van der Waals surface area contributed by atoms with Crippen molar-refractivity contribution in [1.82, 2.24) is 34.3 Å². The Hall–Kier alpha value is -3.94. The Kier molecular flexibility index (Phi) is 3.68. The highest BCUT2D eigenvalue weighted by Crippen LogP contribution is 2.27. The van der Waals surface area contributed by atoms with Crippen LogP contribution in [0.2, 0.25) is 0 Å². The molecule has 0 saturated heterocycles. The Morgan fingerprint density at radius 3 is 2.57 bits per heavy atom. The minimum absolute atomic E-state index is 0.698. The van der Waals surface area contributed by atoms with E-state index in [1.165, 1.54) is 0 Å². The summed E-state index contributed by atoms with van der Waals surface area (Å²) in [5.74, 6) is 1.54. The van der Waals surface area contributed by atoms with Crippen LogP contribution in [0.15, 0.2) is 67.1 Å². The fourth-order valence-corrected chi connectivity index (χ4v) is 3.23. The summed E-state index contributed by atoms with van der Waals surface area (Å²) in [6.45, 7) is 0. The Bertz CT molecular complexity index is 1250. The number of hydrogen-bond acceptors (Lipinski definition) is 5. The summed E-state index contributed by atoms with van der Waals surface area (Å²) in [4.78, 5) is 4.73. The van der Waals surface area contributed by atoms with E-state index in [0.717, 1.165) is 33.8 Å². The Balaban J connectivity index is 1.58. The van der Waals surface area contributed by atoms with Gasteiger partial charge in [0.05, 0.1) is 23.0 Å². The molecule has 0 saturated carbocycles. The second-order valence-corrected chi connectivity index (χ2v) is 6.51. The molecule has 1 N–H and O–H groups in total. The fourth-order valence-electron chi connectivity index (χ4n) is 3.23. The lowest BCUT2D eigenvalue weighted by molar-refractivity contribution is 0.777. The maximum Gasteiger partial charge on any atom is 0.162 e. The van der Waals surface area contributed by atoms with Crippen LogP contribution in [0.3, 0.4) is 0 Å². The summed E-state index contributed by atoms with van der Waals surface area (Å²) in [6.07, 6.45) is 5.47. The van der Waals surface area contributed by atoms with Gasteiger partial charge in [0.25, 0.3) is 0 Å². The molecule has 0 spiro atoms. The molecular formula is C20H18N8. The minimum Gasteiger partial charge on any atom is -0.325 e. The maximum atomic E-state index is 4.73. The molecule has 28 heavy (non-hydrogen) atoms. The van der Waals surface area contributed by atoms with Crippen LogP contribution in [0.25, 0.3) is 28.0 Å². The number of hydrogen-bond donors (Lipinski definition) is 1. The van der Waals surface area contributed by atoms with Gasteiger partial charge in [0, 0.05) is 44.2 Å². The fraction of sp³-hybridized carbons (Fsp3) is 0.100. The average molecular weight is 370 g/mol. The van der Waals surface area contributed by atoms with Crippen LogP contribution in [0.1, 0.15) is 0 Å². The number of anilines is 2. The molecule has 0 aliphatic rings. The van der Waals surface area contributed by atoms with Crippen molar-refractivity contribution in [3.05, 3.63) is 67.1 Å². The van der Waals surface area contributed by atoms with E-state index in [2.05, 4.69) is 20.6 Å². The quantitative estimate of drug-likeness (QED) is 0.525. The SMILES string of the molecule is Cn1nc(-c2ccccc2)cc1Nc1cc(-n2cccn2)c2cnn(C)c2n1. The first-order valence-electron chi connectivity index (χ1n) is 8.88. The van der Waals surface area contributed by atoms with Gasteiger partial charge in [0.2, 0.25) is 0 Å². The summed E-state index contributed by atoms with van der Waals surface area (Å²) < 4.78 is 5.38. The topological polar surface area (TPSA) is 78.4 Å². The highest BCUT2D eigenvalue weighted by Gasteiger charge is 2.14. The van der Waals surface area contributed by atoms with Gasteiger partial charge in [-0.1, -0.05) is 30.3 Å². The monoisotopic (exact) mass is 370 g/mol. The van der Waals surface area contributed by atoms with Crippen molar-refractivity contribution in [3.63, 3.8) is 0 Å². The van der Waals surface area contributed by atoms with E-state index in [9.17, 15) is 0 Å². The van der Waals surface area contributed by atoms with Gasteiger partial charge < -0.3 is 5.32 Å². The van der Waals surface area contributed by atoms with Crippen molar-refractivity contribution in [3.8, 4) is 16.9 Å². The average Bonchev–Trinajstić information content (AvgIpc) is 3.45. The highest BCUT2D eigenvalue weighted by molar-refractivity contribution is 5.86. The first-order valence-corrected chi connectivity index (χ1v) is 8.88. The van der Waals surface area contributed by atoms with Crippen LogP contribution < -0.4 is 5.32 Å². The third-order valence-corrected chi connectivity index (χ3v) is 4.64. The Morgan fingerprint density at radius 1 is 0.929 bits per heavy atom. The molecule has 138 valence electrons. The molecule has 0 atom stereocenters. The second kappa shape index (κ2) is 6.34. The Labute approximate surface area is 161 Å². The van der Waals surface area contributed by atoms with Crippen LogP contribution in [-0.4, -0.2) is 34.3 Å².